The van der Waals surface area contributed by atoms with Crippen molar-refractivity contribution >= 4 is 0 Å². The smallest absolute Gasteiger partial charge is 0.280 e. The summed E-state index contributed by atoms with van der Waals surface area (Å²) < 4.78 is 10.6. The fraction of sp³-hybridized carbons (Fsp3) is 0.769. The van der Waals surface area contributed by atoms with Crippen LogP contribution in [0, 0.1) is 0 Å². The minimum absolute atomic E-state index is 0.140. The maximum Gasteiger partial charge on any atom is 0.280 e. The van der Waals surface area contributed by atoms with Crippen LogP contribution in [0.2, 0.25) is 0 Å². The van der Waals surface area contributed by atoms with Gasteiger partial charge in [-0.15, -0.1) is 0 Å². The van der Waals surface area contributed by atoms with Crippen LogP contribution in [0.1, 0.15) is 24.5 Å². The van der Waals surface area contributed by atoms with Crippen LogP contribution in [0.3, 0.4) is 0 Å². The van der Waals surface area contributed by atoms with E-state index in [9.17, 15) is 4.79 Å². The molecule has 19 heavy (non-hydrogen) atoms. The SMILES string of the molecule is O=c1cc([C@@H]2CCN[C@@H](CN3CCOCC3)C2)o[nH]1. The highest BCUT2D eigenvalue weighted by molar-refractivity contribution is 5.05. The third kappa shape index (κ3) is 3.26. The minimum Gasteiger partial charge on any atom is -0.383 e. The Labute approximate surface area is 112 Å². The Morgan fingerprint density at radius 3 is 2.95 bits per heavy atom. The summed E-state index contributed by atoms with van der Waals surface area (Å²) in [6.45, 7) is 5.74. The third-order valence-corrected chi connectivity index (χ3v) is 4.02. The second-order valence-corrected chi connectivity index (χ2v) is 5.40. The van der Waals surface area contributed by atoms with E-state index in [-0.39, 0.29) is 5.56 Å². The van der Waals surface area contributed by atoms with Crippen molar-refractivity contribution in [2.45, 2.75) is 24.8 Å². The van der Waals surface area contributed by atoms with Crippen molar-refractivity contribution in [3.8, 4) is 0 Å². The lowest BCUT2D eigenvalue weighted by Crippen LogP contribution is -2.48. The number of hydrogen-bond donors (Lipinski definition) is 2. The summed E-state index contributed by atoms with van der Waals surface area (Å²) in [5.74, 6) is 1.16. The number of morpholine rings is 1. The lowest BCUT2D eigenvalue weighted by atomic mass is 9.90. The topological polar surface area (TPSA) is 70.5 Å². The van der Waals surface area contributed by atoms with Crippen LogP contribution in [0.25, 0.3) is 0 Å². The molecular weight excluding hydrogens is 246 g/mol. The predicted molar refractivity (Wildman–Crippen MR) is 70.4 cm³/mol. The first-order valence-corrected chi connectivity index (χ1v) is 7.03. The van der Waals surface area contributed by atoms with Crippen molar-refractivity contribution in [3.05, 3.63) is 22.2 Å². The van der Waals surface area contributed by atoms with Gasteiger partial charge >= 0.3 is 0 Å². The molecule has 1 aromatic rings. The molecule has 106 valence electrons. The standard InChI is InChI=1S/C13H21N3O3/c17-13-8-12(19-15-13)10-1-2-14-11(7-10)9-16-3-5-18-6-4-16/h8,10-11,14H,1-7,9H2,(H,15,17)/t10-,11-/m1/s1. The summed E-state index contributed by atoms with van der Waals surface area (Å²) in [5.41, 5.74) is -0.140. The molecule has 0 aromatic carbocycles. The molecule has 2 fully saturated rings. The number of aromatic amines is 1. The Morgan fingerprint density at radius 2 is 2.21 bits per heavy atom. The van der Waals surface area contributed by atoms with E-state index >= 15 is 0 Å². The van der Waals surface area contributed by atoms with Crippen molar-refractivity contribution in [1.82, 2.24) is 15.4 Å². The molecule has 2 atom stereocenters. The molecule has 3 heterocycles. The number of aromatic nitrogens is 1. The zero-order valence-corrected chi connectivity index (χ0v) is 11.1. The van der Waals surface area contributed by atoms with Gasteiger partial charge in [-0.2, -0.15) is 5.16 Å². The van der Waals surface area contributed by atoms with Gasteiger partial charge in [0.25, 0.3) is 5.56 Å². The first-order valence-electron chi connectivity index (χ1n) is 7.03. The molecule has 6 nitrogen and oxygen atoms in total. The molecule has 2 N–H and O–H groups in total. The van der Waals surface area contributed by atoms with E-state index in [1.54, 1.807) is 6.07 Å². The Hall–Kier alpha value is -1.11. The lowest BCUT2D eigenvalue weighted by molar-refractivity contribution is 0.0314. The molecule has 0 unspecified atom stereocenters. The van der Waals surface area contributed by atoms with E-state index in [4.69, 9.17) is 9.26 Å². The average molecular weight is 267 g/mol. The molecule has 0 bridgehead atoms. The highest BCUT2D eigenvalue weighted by Gasteiger charge is 2.27. The van der Waals surface area contributed by atoms with E-state index in [0.717, 1.165) is 58.0 Å². The van der Waals surface area contributed by atoms with E-state index in [0.29, 0.717) is 12.0 Å². The maximum atomic E-state index is 11.1. The fourth-order valence-electron chi connectivity index (χ4n) is 3.00. The normalized spacial score (nSPS) is 29.5. The predicted octanol–water partition coefficient (Wildman–Crippen LogP) is 0.136. The summed E-state index contributed by atoms with van der Waals surface area (Å²) in [6.07, 6.45) is 2.05. The molecule has 1 aromatic heterocycles. The molecule has 0 saturated carbocycles. The van der Waals surface area contributed by atoms with Gasteiger partial charge in [0.1, 0.15) is 5.76 Å². The van der Waals surface area contributed by atoms with Gasteiger partial charge in [0.2, 0.25) is 0 Å². The molecule has 2 aliphatic rings. The first kappa shape index (κ1) is 12.9. The number of H-pyrrole nitrogens is 1. The van der Waals surface area contributed by atoms with E-state index in [1.807, 2.05) is 0 Å². The molecule has 0 amide bonds. The van der Waals surface area contributed by atoms with Crippen molar-refractivity contribution in [1.29, 1.82) is 0 Å². The summed E-state index contributed by atoms with van der Waals surface area (Å²) in [6, 6.07) is 2.05. The van der Waals surface area contributed by atoms with E-state index < -0.39 is 0 Å². The second kappa shape index (κ2) is 5.90. The Bertz CT molecular complexity index is 450. The largest absolute Gasteiger partial charge is 0.383 e. The number of hydrogen-bond acceptors (Lipinski definition) is 5. The molecule has 0 spiro atoms. The van der Waals surface area contributed by atoms with Gasteiger partial charge < -0.3 is 14.6 Å². The average Bonchev–Trinajstić information content (AvgIpc) is 2.87. The van der Waals surface area contributed by atoms with Crippen molar-refractivity contribution in [3.63, 3.8) is 0 Å². The van der Waals surface area contributed by atoms with Gasteiger partial charge in [-0.3, -0.25) is 9.69 Å². The van der Waals surface area contributed by atoms with E-state index in [2.05, 4.69) is 15.4 Å². The van der Waals surface area contributed by atoms with Crippen LogP contribution in [-0.2, 0) is 4.74 Å². The van der Waals surface area contributed by atoms with Gasteiger partial charge in [0.05, 0.1) is 13.2 Å². The number of nitrogens with one attached hydrogen (secondary N) is 2. The van der Waals surface area contributed by atoms with Crippen molar-refractivity contribution in [2.24, 2.45) is 0 Å². The molecule has 2 aliphatic heterocycles. The summed E-state index contributed by atoms with van der Waals surface area (Å²) in [5, 5.41) is 5.94. The maximum absolute atomic E-state index is 11.1. The minimum atomic E-state index is -0.140. The van der Waals surface area contributed by atoms with Crippen molar-refractivity contribution in [2.75, 3.05) is 39.4 Å². The second-order valence-electron chi connectivity index (χ2n) is 5.40. The van der Waals surface area contributed by atoms with Crippen LogP contribution in [-0.4, -0.2) is 55.5 Å². The first-order chi connectivity index (χ1) is 9.31. The quantitative estimate of drug-likeness (QED) is 0.815. The molecule has 6 heteroatoms. The Kier molecular flexibility index (Phi) is 4.00. The molecule has 3 rings (SSSR count). The van der Waals surface area contributed by atoms with Crippen molar-refractivity contribution < 1.29 is 9.26 Å². The highest BCUT2D eigenvalue weighted by Crippen LogP contribution is 2.26. The zero-order valence-electron chi connectivity index (χ0n) is 11.1. The van der Waals surface area contributed by atoms with Crippen LogP contribution in [0.4, 0.5) is 0 Å². The van der Waals surface area contributed by atoms with Crippen LogP contribution >= 0.6 is 0 Å². The number of rotatable bonds is 3. The highest BCUT2D eigenvalue weighted by atomic mass is 16.5. The van der Waals surface area contributed by atoms with Gasteiger partial charge in [0, 0.05) is 37.7 Å². The van der Waals surface area contributed by atoms with Gasteiger partial charge in [0.15, 0.2) is 0 Å². The third-order valence-electron chi connectivity index (χ3n) is 4.02. The molecule has 2 saturated heterocycles. The number of nitrogens with zero attached hydrogens (tertiary/aromatic N) is 1. The number of piperidine rings is 1. The van der Waals surface area contributed by atoms with Gasteiger partial charge in [-0.25, -0.2) is 0 Å². The fourth-order valence-corrected chi connectivity index (χ4v) is 3.00. The molecule has 0 radical (unpaired) electrons. The van der Waals surface area contributed by atoms with Crippen LogP contribution in [0.15, 0.2) is 15.4 Å². The van der Waals surface area contributed by atoms with Gasteiger partial charge in [-0.1, -0.05) is 0 Å². The van der Waals surface area contributed by atoms with Gasteiger partial charge in [-0.05, 0) is 19.4 Å². The van der Waals surface area contributed by atoms with Crippen LogP contribution in [0.5, 0.6) is 0 Å². The Morgan fingerprint density at radius 1 is 1.37 bits per heavy atom. The lowest BCUT2D eigenvalue weighted by Gasteiger charge is -2.34. The Balaban J connectivity index is 1.56. The summed E-state index contributed by atoms with van der Waals surface area (Å²) in [7, 11) is 0. The zero-order chi connectivity index (χ0) is 13.1. The summed E-state index contributed by atoms with van der Waals surface area (Å²) >= 11 is 0. The molecular formula is C13H21N3O3. The van der Waals surface area contributed by atoms with Crippen LogP contribution < -0.4 is 10.9 Å². The monoisotopic (exact) mass is 267 g/mol. The van der Waals surface area contributed by atoms with E-state index in [1.165, 1.54) is 0 Å². The molecule has 0 aliphatic carbocycles. The number of ether oxygens (including phenoxy) is 1. The summed E-state index contributed by atoms with van der Waals surface area (Å²) in [4.78, 5) is 13.6.